The van der Waals surface area contributed by atoms with Crippen molar-refractivity contribution in [3.05, 3.63) is 82.6 Å². The summed E-state index contributed by atoms with van der Waals surface area (Å²) in [6.07, 6.45) is 6.63. The lowest BCUT2D eigenvalue weighted by atomic mass is 10.0. The molecule has 1 N–H and O–H groups in total. The van der Waals surface area contributed by atoms with Gasteiger partial charge in [0.2, 0.25) is 5.82 Å². The summed E-state index contributed by atoms with van der Waals surface area (Å²) in [7, 11) is 0. The summed E-state index contributed by atoms with van der Waals surface area (Å²) >= 11 is 0. The molecule has 0 bridgehead atoms. The van der Waals surface area contributed by atoms with Crippen molar-refractivity contribution in [2.45, 2.75) is 46.2 Å². The van der Waals surface area contributed by atoms with Gasteiger partial charge in [-0.2, -0.15) is 10.3 Å². The predicted octanol–water partition coefficient (Wildman–Crippen LogP) is 3.86. The molecule has 8 heteroatoms. The Hall–Kier alpha value is -3.81. The van der Waals surface area contributed by atoms with E-state index in [1.807, 2.05) is 37.3 Å². The molecule has 0 aliphatic rings. The van der Waals surface area contributed by atoms with Gasteiger partial charge in [0, 0.05) is 18.5 Å². The molecule has 0 fully saturated rings. The average Bonchev–Trinajstić information content (AvgIpc) is 3.46. The number of hydrogen-bond donors (Lipinski definition) is 1. The van der Waals surface area contributed by atoms with Crippen LogP contribution in [-0.2, 0) is 19.5 Å². The van der Waals surface area contributed by atoms with Gasteiger partial charge in [-0.15, -0.1) is 10.2 Å². The third-order valence-corrected chi connectivity index (χ3v) is 5.35. The van der Waals surface area contributed by atoms with E-state index in [1.165, 1.54) is 0 Å². The molecular weight excluding hydrogens is 402 g/mol. The van der Waals surface area contributed by atoms with Gasteiger partial charge in [0.15, 0.2) is 0 Å². The number of hydrogen-bond acceptors (Lipinski definition) is 5. The fraction of sp³-hybridized carbons (Fsp3) is 0.292. The highest BCUT2D eigenvalue weighted by Gasteiger charge is 2.13. The first kappa shape index (κ1) is 21.4. The smallest absolute Gasteiger partial charge is 0.274 e. The van der Waals surface area contributed by atoms with Crippen LogP contribution in [0.25, 0.3) is 22.5 Å². The number of H-pyrrole nitrogens is 1. The van der Waals surface area contributed by atoms with Crippen molar-refractivity contribution in [2.24, 2.45) is 0 Å². The van der Waals surface area contributed by atoms with Crippen LogP contribution >= 0.6 is 0 Å². The lowest BCUT2D eigenvalue weighted by Crippen LogP contribution is -2.26. The maximum absolute atomic E-state index is 12.9. The topological polar surface area (TPSA) is 94.3 Å². The fourth-order valence-corrected chi connectivity index (χ4v) is 3.58. The molecule has 0 saturated heterocycles. The van der Waals surface area contributed by atoms with Crippen LogP contribution in [0.2, 0.25) is 0 Å². The lowest BCUT2D eigenvalue weighted by molar-refractivity contribution is 0.545. The molecule has 164 valence electrons. The summed E-state index contributed by atoms with van der Waals surface area (Å²) < 4.78 is 3.38. The average molecular weight is 430 g/mol. The molecular formula is C24H27N7O. The van der Waals surface area contributed by atoms with Crippen molar-refractivity contribution < 1.29 is 0 Å². The van der Waals surface area contributed by atoms with Gasteiger partial charge < -0.3 is 0 Å². The van der Waals surface area contributed by atoms with Crippen LogP contribution in [0.1, 0.15) is 38.1 Å². The predicted molar refractivity (Wildman–Crippen MR) is 124 cm³/mol. The minimum Gasteiger partial charge on any atom is -0.274 e. The van der Waals surface area contributed by atoms with Crippen LogP contribution in [0, 0.1) is 0 Å². The first-order chi connectivity index (χ1) is 15.7. The minimum atomic E-state index is -0.0464. The van der Waals surface area contributed by atoms with E-state index in [0.29, 0.717) is 25.3 Å². The van der Waals surface area contributed by atoms with Crippen LogP contribution in [0.5, 0.6) is 0 Å². The number of allylic oxidation sites excluding steroid dienone is 2. The van der Waals surface area contributed by atoms with E-state index >= 15 is 0 Å². The normalized spacial score (nSPS) is 11.4. The van der Waals surface area contributed by atoms with Crippen LogP contribution in [-0.4, -0.2) is 35.0 Å². The molecule has 32 heavy (non-hydrogen) atoms. The largest absolute Gasteiger partial charge is 0.346 e. The van der Waals surface area contributed by atoms with E-state index in [2.05, 4.69) is 63.0 Å². The molecule has 0 aliphatic heterocycles. The first-order valence-electron chi connectivity index (χ1n) is 10.9. The molecule has 0 aliphatic carbocycles. The van der Waals surface area contributed by atoms with Gasteiger partial charge in [0.25, 0.3) is 0 Å². The monoisotopic (exact) mass is 429 g/mol. The molecule has 2 aromatic carbocycles. The number of nitrogens with zero attached hydrogens (tertiary/aromatic N) is 6. The fourth-order valence-electron chi connectivity index (χ4n) is 3.58. The highest BCUT2D eigenvalue weighted by Crippen LogP contribution is 2.24. The van der Waals surface area contributed by atoms with Crippen molar-refractivity contribution in [3.63, 3.8) is 0 Å². The van der Waals surface area contributed by atoms with Crippen molar-refractivity contribution in [1.82, 2.24) is 35.0 Å². The number of aromatic nitrogens is 7. The zero-order chi connectivity index (χ0) is 22.3. The van der Waals surface area contributed by atoms with Gasteiger partial charge in [0.1, 0.15) is 5.82 Å². The Morgan fingerprint density at radius 1 is 1.06 bits per heavy atom. The van der Waals surface area contributed by atoms with E-state index in [1.54, 1.807) is 9.25 Å². The number of benzene rings is 2. The molecule has 0 amide bonds. The molecule has 4 rings (SSSR count). The van der Waals surface area contributed by atoms with Crippen molar-refractivity contribution >= 4 is 0 Å². The maximum Gasteiger partial charge on any atom is 0.346 e. The molecule has 0 radical (unpaired) electrons. The molecule has 0 spiro atoms. The molecule has 4 aromatic rings. The number of rotatable bonds is 9. The van der Waals surface area contributed by atoms with E-state index in [-0.39, 0.29) is 5.69 Å². The second-order valence-corrected chi connectivity index (χ2v) is 7.65. The number of aromatic amines is 1. The third-order valence-electron chi connectivity index (χ3n) is 5.35. The Bertz CT molecular complexity index is 1230. The van der Waals surface area contributed by atoms with Crippen LogP contribution in [0.3, 0.4) is 0 Å². The highest BCUT2D eigenvalue weighted by molar-refractivity contribution is 5.70. The summed E-state index contributed by atoms with van der Waals surface area (Å²) in [5, 5.41) is 18.8. The van der Waals surface area contributed by atoms with Gasteiger partial charge in [-0.3, -0.25) is 4.57 Å². The second-order valence-electron chi connectivity index (χ2n) is 7.65. The molecule has 0 saturated carbocycles. The quantitative estimate of drug-likeness (QED) is 0.408. The number of unbranched alkanes of at least 4 members (excludes halogenated alkanes) is 1. The number of aryl methyl sites for hydroxylation is 1. The van der Waals surface area contributed by atoms with Crippen molar-refractivity contribution in [2.75, 3.05) is 0 Å². The van der Waals surface area contributed by atoms with Gasteiger partial charge in [0.05, 0.1) is 6.54 Å². The van der Waals surface area contributed by atoms with E-state index in [0.717, 1.165) is 40.9 Å². The summed E-state index contributed by atoms with van der Waals surface area (Å²) in [5.74, 6) is 1.36. The summed E-state index contributed by atoms with van der Waals surface area (Å²) in [5.41, 5.74) is 4.06. The van der Waals surface area contributed by atoms with Crippen molar-refractivity contribution in [3.8, 4) is 22.5 Å². The van der Waals surface area contributed by atoms with Gasteiger partial charge in [-0.25, -0.2) is 9.48 Å². The second kappa shape index (κ2) is 10.00. The molecule has 0 unspecified atom stereocenters. The maximum atomic E-state index is 12.9. The Kier molecular flexibility index (Phi) is 6.69. The third kappa shape index (κ3) is 4.74. The molecule has 2 heterocycles. The number of tetrazole rings is 1. The Morgan fingerprint density at radius 3 is 2.59 bits per heavy atom. The molecule has 8 nitrogen and oxygen atoms in total. The zero-order valence-corrected chi connectivity index (χ0v) is 18.4. The van der Waals surface area contributed by atoms with Crippen LogP contribution in [0.4, 0.5) is 0 Å². The van der Waals surface area contributed by atoms with Gasteiger partial charge in [-0.1, -0.05) is 68.0 Å². The first-order valence-corrected chi connectivity index (χ1v) is 10.9. The van der Waals surface area contributed by atoms with Crippen LogP contribution < -0.4 is 5.69 Å². The summed E-state index contributed by atoms with van der Waals surface area (Å²) in [6.45, 7) is 5.24. The zero-order valence-electron chi connectivity index (χ0n) is 18.4. The van der Waals surface area contributed by atoms with Gasteiger partial charge in [-0.05, 0) is 41.3 Å². The molecule has 0 atom stereocenters. The van der Waals surface area contributed by atoms with E-state index in [9.17, 15) is 4.79 Å². The van der Waals surface area contributed by atoms with E-state index < -0.39 is 0 Å². The summed E-state index contributed by atoms with van der Waals surface area (Å²) in [6, 6.07) is 16.3. The SMILES string of the molecule is CC=CCc1nn(CCCC)c(=O)n1Cc1ccc(-c2cccc(-c3nn[nH]n3)c2)cc1. The Labute approximate surface area is 186 Å². The lowest BCUT2D eigenvalue weighted by Gasteiger charge is -2.07. The van der Waals surface area contributed by atoms with E-state index in [4.69, 9.17) is 0 Å². The van der Waals surface area contributed by atoms with Crippen molar-refractivity contribution in [1.29, 1.82) is 0 Å². The summed E-state index contributed by atoms with van der Waals surface area (Å²) in [4.78, 5) is 12.9. The Balaban J connectivity index is 1.57. The minimum absolute atomic E-state index is 0.0464. The Morgan fingerprint density at radius 2 is 1.88 bits per heavy atom. The van der Waals surface area contributed by atoms with Gasteiger partial charge >= 0.3 is 5.69 Å². The number of nitrogens with one attached hydrogen (secondary N) is 1. The molecule has 2 aromatic heterocycles. The standard InChI is InChI=1S/C24H27N7O/c1-3-5-10-22-27-31(15-6-4-2)24(32)30(22)17-18-11-13-19(14-12-18)20-8-7-9-21(16-20)23-25-28-29-26-23/h3,5,7-9,11-14,16H,4,6,10,15,17H2,1-2H3,(H,25,26,28,29). The van der Waals surface area contributed by atoms with Crippen LogP contribution in [0.15, 0.2) is 65.5 Å². The highest BCUT2D eigenvalue weighted by atomic mass is 16.2.